The molecule has 2 aromatic heterocycles. The molecule has 0 aliphatic carbocycles. The van der Waals surface area contributed by atoms with Crippen LogP contribution in [0, 0.1) is 0 Å². The van der Waals surface area contributed by atoms with Gasteiger partial charge in [-0.1, -0.05) is 62.3 Å². The van der Waals surface area contributed by atoms with Gasteiger partial charge in [0.2, 0.25) is 0 Å². The molecular weight excluding hydrogens is 480 g/mol. The fourth-order valence-electron chi connectivity index (χ4n) is 4.35. The molecule has 3 aromatic rings. The molecule has 1 unspecified atom stereocenters. The lowest BCUT2D eigenvalue weighted by atomic mass is 9.94. The molecule has 1 atom stereocenters. The number of rotatable bonds is 6. The van der Waals surface area contributed by atoms with Crippen LogP contribution in [0.2, 0.25) is 0 Å². The Kier molecular flexibility index (Phi) is 16.6. The fraction of sp³-hybridized carbons (Fsp3) is 0.484. The first-order valence-electron chi connectivity index (χ1n) is 13.9. The first kappa shape index (κ1) is 34.8. The quantitative estimate of drug-likeness (QED) is 0.231. The molecule has 0 saturated heterocycles. The highest BCUT2D eigenvalue weighted by Crippen LogP contribution is 2.38. The first-order valence-corrected chi connectivity index (χ1v) is 13.9. The number of fused-ring (bicyclic) bond motifs is 4. The lowest BCUT2D eigenvalue weighted by molar-refractivity contribution is 0.181. The first-order chi connectivity index (χ1) is 18.5. The maximum atomic E-state index is 13.4. The molecule has 1 aliphatic heterocycles. The molecule has 1 aliphatic rings. The van der Waals surface area contributed by atoms with Crippen molar-refractivity contribution in [2.45, 2.75) is 87.8 Å². The number of aryl methyl sites for hydroxylation is 1. The van der Waals surface area contributed by atoms with Crippen LogP contribution in [0.5, 0.6) is 5.75 Å². The number of aromatic hydroxyl groups is 1. The van der Waals surface area contributed by atoms with Gasteiger partial charge in [-0.3, -0.25) is 4.79 Å². The smallest absolute Gasteiger partial charge is 0.257 e. The lowest BCUT2D eigenvalue weighted by Gasteiger charge is -2.17. The van der Waals surface area contributed by atoms with Crippen molar-refractivity contribution >= 4 is 10.9 Å². The Morgan fingerprint density at radius 1 is 1.05 bits per heavy atom. The highest BCUT2D eigenvalue weighted by atomic mass is 16.5. The monoisotopic (exact) mass is 528 g/mol. The third-order valence-corrected chi connectivity index (χ3v) is 5.74. The van der Waals surface area contributed by atoms with E-state index in [0.717, 1.165) is 40.4 Å². The zero-order chi connectivity index (χ0) is 29.4. The van der Waals surface area contributed by atoms with E-state index in [1.165, 1.54) is 13.2 Å². The van der Waals surface area contributed by atoms with Gasteiger partial charge >= 0.3 is 0 Å². The van der Waals surface area contributed by atoms with E-state index < -0.39 is 5.92 Å². The number of phenolic OH excluding ortho intramolecular Hbond substituents is 1. The van der Waals surface area contributed by atoms with Crippen LogP contribution in [-0.2, 0) is 24.3 Å². The van der Waals surface area contributed by atoms with Crippen molar-refractivity contribution in [3.05, 3.63) is 69.2 Å². The van der Waals surface area contributed by atoms with E-state index in [1.54, 1.807) is 22.8 Å². The third kappa shape index (κ3) is 7.23. The van der Waals surface area contributed by atoms with Crippen molar-refractivity contribution < 1.29 is 20.1 Å². The van der Waals surface area contributed by atoms with Gasteiger partial charge in [-0.25, -0.2) is 4.98 Å². The van der Waals surface area contributed by atoms with E-state index >= 15 is 0 Å². The second-order valence-corrected chi connectivity index (χ2v) is 7.39. The van der Waals surface area contributed by atoms with Crippen LogP contribution in [0.25, 0.3) is 22.3 Å². The fourth-order valence-corrected chi connectivity index (χ4v) is 4.35. The van der Waals surface area contributed by atoms with Gasteiger partial charge in [0.25, 0.3) is 5.56 Å². The molecule has 212 valence electrons. The van der Waals surface area contributed by atoms with Crippen LogP contribution in [0.1, 0.15) is 90.5 Å². The standard InChI is InChI=1S/C23H24N2O5.4C2H6/c1-3-15-17-8-14(28)4-5-20(17)24-22-18(15)10-25-21(22)9-16(13(11-27)6-7-26)19(12-30-2)23(25)29;4*1-2/h4-9,13,26-28H,3,10-12H2,1-2H3;4*1-2H3. The average molecular weight is 529 g/mol. The van der Waals surface area contributed by atoms with Gasteiger partial charge < -0.3 is 24.6 Å². The Hall–Kier alpha value is -3.16. The summed E-state index contributed by atoms with van der Waals surface area (Å²) in [6.45, 7) is 18.3. The summed E-state index contributed by atoms with van der Waals surface area (Å²) < 4.78 is 6.94. The van der Waals surface area contributed by atoms with Gasteiger partial charge in [0.05, 0.1) is 42.9 Å². The Morgan fingerprint density at radius 3 is 2.21 bits per heavy atom. The van der Waals surface area contributed by atoms with E-state index in [1.807, 2.05) is 68.4 Å². The normalized spacial score (nSPS) is 11.4. The number of phenols is 1. The van der Waals surface area contributed by atoms with E-state index in [4.69, 9.17) is 9.72 Å². The number of hydrogen-bond acceptors (Lipinski definition) is 6. The van der Waals surface area contributed by atoms with Crippen LogP contribution in [0.15, 0.2) is 41.4 Å². The minimum absolute atomic E-state index is 0.102. The third-order valence-electron chi connectivity index (χ3n) is 5.74. The molecule has 1 aromatic carbocycles. The van der Waals surface area contributed by atoms with E-state index in [-0.39, 0.29) is 24.5 Å². The molecule has 4 rings (SSSR count). The summed E-state index contributed by atoms with van der Waals surface area (Å²) in [5.41, 5.74) is 5.05. The molecular formula is C31H48N2O5. The number of nitrogens with zero attached hydrogens (tertiary/aromatic N) is 2. The summed E-state index contributed by atoms with van der Waals surface area (Å²) in [6.07, 6.45) is 3.07. The number of aliphatic hydroxyl groups excluding tert-OH is 2. The van der Waals surface area contributed by atoms with Crippen LogP contribution in [-0.4, -0.2) is 38.6 Å². The number of benzene rings is 1. The molecule has 3 N–H and O–H groups in total. The second-order valence-electron chi connectivity index (χ2n) is 7.39. The minimum atomic E-state index is -0.536. The Bertz CT molecular complexity index is 1220. The van der Waals surface area contributed by atoms with Crippen molar-refractivity contribution in [2.75, 3.05) is 13.7 Å². The van der Waals surface area contributed by atoms with Gasteiger partial charge in [0.1, 0.15) is 5.75 Å². The van der Waals surface area contributed by atoms with Gasteiger partial charge in [-0.05, 0) is 47.9 Å². The van der Waals surface area contributed by atoms with Crippen molar-refractivity contribution in [3.8, 4) is 17.1 Å². The van der Waals surface area contributed by atoms with Crippen LogP contribution >= 0.6 is 0 Å². The molecule has 0 bridgehead atoms. The van der Waals surface area contributed by atoms with Crippen LogP contribution in [0.3, 0.4) is 0 Å². The summed E-state index contributed by atoms with van der Waals surface area (Å²) in [5, 5.41) is 29.9. The number of methoxy groups -OCH3 is 1. The summed E-state index contributed by atoms with van der Waals surface area (Å²) in [5.74, 6) is -0.358. The zero-order valence-corrected chi connectivity index (χ0v) is 24.9. The summed E-state index contributed by atoms with van der Waals surface area (Å²) in [6, 6.07) is 6.95. The van der Waals surface area contributed by atoms with Crippen LogP contribution < -0.4 is 5.56 Å². The number of ether oxygens (including phenoxy) is 1. The molecule has 0 fully saturated rings. The predicted molar refractivity (Wildman–Crippen MR) is 159 cm³/mol. The van der Waals surface area contributed by atoms with Gasteiger partial charge in [-0.15, -0.1) is 0 Å². The average Bonchev–Trinajstić information content (AvgIpc) is 3.34. The molecule has 0 radical (unpaired) electrons. The molecule has 38 heavy (non-hydrogen) atoms. The van der Waals surface area contributed by atoms with Crippen LogP contribution in [0.4, 0.5) is 0 Å². The molecule has 0 saturated carbocycles. The van der Waals surface area contributed by atoms with Crippen molar-refractivity contribution in [1.82, 2.24) is 9.55 Å². The van der Waals surface area contributed by atoms with Crippen molar-refractivity contribution in [3.63, 3.8) is 0 Å². The maximum Gasteiger partial charge on any atom is 0.257 e. The highest BCUT2D eigenvalue weighted by molar-refractivity contribution is 5.89. The van der Waals surface area contributed by atoms with Gasteiger partial charge in [0.15, 0.2) is 0 Å². The predicted octanol–water partition coefficient (Wildman–Crippen LogP) is 7.09. The Labute approximate surface area is 228 Å². The second kappa shape index (κ2) is 18.2. The van der Waals surface area contributed by atoms with Gasteiger partial charge in [0, 0.05) is 29.5 Å². The maximum absolute atomic E-state index is 13.4. The molecule has 7 nitrogen and oxygen atoms in total. The lowest BCUT2D eigenvalue weighted by Crippen LogP contribution is -2.26. The molecule has 3 heterocycles. The summed E-state index contributed by atoms with van der Waals surface area (Å²) in [7, 11) is 1.52. The van der Waals surface area contributed by atoms with E-state index in [0.29, 0.717) is 23.4 Å². The number of hydrogen-bond donors (Lipinski definition) is 3. The topological polar surface area (TPSA) is 105 Å². The van der Waals surface area contributed by atoms with Crippen molar-refractivity contribution in [1.29, 1.82) is 0 Å². The zero-order valence-electron chi connectivity index (χ0n) is 24.9. The largest absolute Gasteiger partial charge is 0.516 e. The number of pyridine rings is 2. The highest BCUT2D eigenvalue weighted by Gasteiger charge is 2.29. The van der Waals surface area contributed by atoms with Crippen molar-refractivity contribution in [2.24, 2.45) is 0 Å². The molecule has 7 heteroatoms. The molecule has 0 amide bonds. The van der Waals surface area contributed by atoms with E-state index in [2.05, 4.69) is 0 Å². The summed E-state index contributed by atoms with van der Waals surface area (Å²) >= 11 is 0. The minimum Gasteiger partial charge on any atom is -0.516 e. The summed E-state index contributed by atoms with van der Waals surface area (Å²) in [4.78, 5) is 18.2. The Balaban J connectivity index is 0.00000157. The van der Waals surface area contributed by atoms with Gasteiger partial charge in [-0.2, -0.15) is 0 Å². The molecule has 0 spiro atoms. The number of aromatic nitrogens is 2. The van der Waals surface area contributed by atoms with E-state index in [9.17, 15) is 20.1 Å². The Morgan fingerprint density at radius 2 is 1.68 bits per heavy atom. The SMILES string of the molecule is CC.CC.CC.CC.CCc1c2c(nc3ccc(O)cc13)-c1cc(C(C=CO)CO)c(COC)c(=O)n1C2. The number of aliphatic hydroxyl groups is 2.